The van der Waals surface area contributed by atoms with E-state index < -0.39 is 17.7 Å². The first-order valence-corrected chi connectivity index (χ1v) is 10.5. The Kier molecular flexibility index (Phi) is 5.22. The van der Waals surface area contributed by atoms with Gasteiger partial charge in [-0.3, -0.25) is 14.5 Å². The van der Waals surface area contributed by atoms with Crippen LogP contribution < -0.4 is 4.90 Å². The van der Waals surface area contributed by atoms with Gasteiger partial charge < -0.3 is 5.11 Å². The number of ketones is 1. The number of aromatic nitrogens is 1. The fraction of sp³-hybridized carbons (Fsp3) is 0.174. The third-order valence-corrected chi connectivity index (χ3v) is 6.50. The molecule has 1 aromatic heterocycles. The van der Waals surface area contributed by atoms with Gasteiger partial charge in [-0.2, -0.15) is 0 Å². The van der Waals surface area contributed by atoms with Crippen molar-refractivity contribution in [3.8, 4) is 0 Å². The lowest BCUT2D eigenvalue weighted by molar-refractivity contribution is -0.132. The topological polar surface area (TPSA) is 70.5 Å². The predicted molar refractivity (Wildman–Crippen MR) is 119 cm³/mol. The molecule has 3 aromatic rings. The molecule has 2 aromatic carbocycles. The van der Waals surface area contributed by atoms with E-state index in [1.807, 2.05) is 45.0 Å². The summed E-state index contributed by atoms with van der Waals surface area (Å²) in [5.41, 5.74) is 3.03. The molecule has 1 aliphatic heterocycles. The highest BCUT2D eigenvalue weighted by molar-refractivity contribution is 7.16. The van der Waals surface area contributed by atoms with Gasteiger partial charge in [-0.05, 0) is 50.6 Å². The fourth-order valence-corrected chi connectivity index (χ4v) is 4.48. The maximum Gasteiger partial charge on any atom is 0.301 e. The number of carbonyl (C=O) groups excluding carboxylic acids is 2. The Bertz CT molecular complexity index is 1160. The van der Waals surface area contributed by atoms with Crippen LogP contribution in [0.4, 0.5) is 5.13 Å². The van der Waals surface area contributed by atoms with Gasteiger partial charge in [0.05, 0.1) is 17.3 Å². The van der Waals surface area contributed by atoms with Gasteiger partial charge in [-0.15, -0.1) is 11.3 Å². The van der Waals surface area contributed by atoms with E-state index in [2.05, 4.69) is 4.98 Å². The second-order valence-corrected chi connectivity index (χ2v) is 8.84. The van der Waals surface area contributed by atoms with Crippen molar-refractivity contribution >= 4 is 45.5 Å². The largest absolute Gasteiger partial charge is 0.507 e. The molecule has 0 spiro atoms. The van der Waals surface area contributed by atoms with Gasteiger partial charge in [0, 0.05) is 15.5 Å². The quantitative estimate of drug-likeness (QED) is 0.340. The zero-order valence-electron chi connectivity index (χ0n) is 16.6. The number of anilines is 1. The highest BCUT2D eigenvalue weighted by Crippen LogP contribution is 2.43. The Balaban J connectivity index is 1.94. The molecule has 0 radical (unpaired) electrons. The van der Waals surface area contributed by atoms with E-state index in [-0.39, 0.29) is 11.3 Å². The van der Waals surface area contributed by atoms with Crippen molar-refractivity contribution in [1.29, 1.82) is 0 Å². The molecule has 5 nitrogen and oxygen atoms in total. The smallest absolute Gasteiger partial charge is 0.301 e. The van der Waals surface area contributed by atoms with Crippen molar-refractivity contribution in [2.45, 2.75) is 26.8 Å². The third-order valence-electron chi connectivity index (χ3n) is 5.18. The number of aliphatic hydroxyl groups excluding tert-OH is 1. The lowest BCUT2D eigenvalue weighted by atomic mass is 9.95. The van der Waals surface area contributed by atoms with Gasteiger partial charge in [-0.1, -0.05) is 41.4 Å². The van der Waals surface area contributed by atoms with Gasteiger partial charge in [-0.25, -0.2) is 4.98 Å². The van der Waals surface area contributed by atoms with E-state index in [0.29, 0.717) is 15.7 Å². The number of carbonyl (C=O) groups is 2. The first-order chi connectivity index (χ1) is 14.3. The SMILES string of the molecule is Cc1ccc([C@H]2/C(=C(\O)c3ccc(Cl)cc3)C(=O)C(=O)N2c2nc(C)c(C)s2)cc1. The van der Waals surface area contributed by atoms with Crippen LogP contribution in [0.3, 0.4) is 0 Å². The molecular formula is C23H19ClN2O3S. The Morgan fingerprint density at radius 1 is 1.03 bits per heavy atom. The van der Waals surface area contributed by atoms with Gasteiger partial charge in [0.1, 0.15) is 5.76 Å². The number of Topliss-reactive ketones (excluding diaryl/α,β-unsaturated/α-hetero) is 1. The molecule has 1 atom stereocenters. The Morgan fingerprint density at radius 2 is 1.67 bits per heavy atom. The van der Waals surface area contributed by atoms with Gasteiger partial charge in [0.25, 0.3) is 5.78 Å². The van der Waals surface area contributed by atoms with Crippen LogP contribution in [-0.4, -0.2) is 21.8 Å². The zero-order valence-corrected chi connectivity index (χ0v) is 18.2. The normalized spacial score (nSPS) is 18.3. The number of aliphatic hydroxyl groups is 1. The first-order valence-electron chi connectivity index (χ1n) is 9.35. The van der Waals surface area contributed by atoms with E-state index >= 15 is 0 Å². The molecule has 0 bridgehead atoms. The molecule has 1 saturated heterocycles. The van der Waals surface area contributed by atoms with Crippen molar-refractivity contribution in [3.63, 3.8) is 0 Å². The number of rotatable bonds is 3. The van der Waals surface area contributed by atoms with Crippen LogP contribution in [0.15, 0.2) is 54.1 Å². The second kappa shape index (κ2) is 7.70. The Morgan fingerprint density at radius 3 is 2.23 bits per heavy atom. The van der Waals surface area contributed by atoms with Crippen molar-refractivity contribution in [1.82, 2.24) is 4.98 Å². The minimum atomic E-state index is -0.772. The standard InChI is InChI=1S/C23H19ClN2O3S/c1-12-4-6-15(7-5-12)19-18(20(27)16-8-10-17(24)11-9-16)21(28)22(29)26(19)23-25-13(2)14(3)30-23/h4-11,19,27H,1-3H3/b20-18+/t19-/m0/s1. The number of halogens is 1. The summed E-state index contributed by atoms with van der Waals surface area (Å²) in [6, 6.07) is 13.3. The van der Waals surface area contributed by atoms with Gasteiger partial charge in [0.2, 0.25) is 0 Å². The van der Waals surface area contributed by atoms with Crippen LogP contribution in [0, 0.1) is 20.8 Å². The summed E-state index contributed by atoms with van der Waals surface area (Å²) >= 11 is 7.30. The van der Waals surface area contributed by atoms with E-state index in [0.717, 1.165) is 21.7 Å². The van der Waals surface area contributed by atoms with E-state index in [4.69, 9.17) is 11.6 Å². The van der Waals surface area contributed by atoms with E-state index in [1.165, 1.54) is 16.2 Å². The molecule has 7 heteroatoms. The Labute approximate surface area is 183 Å². The summed E-state index contributed by atoms with van der Waals surface area (Å²) in [6.07, 6.45) is 0. The molecule has 1 aliphatic rings. The summed E-state index contributed by atoms with van der Waals surface area (Å²) in [4.78, 5) is 33.0. The number of aryl methyl sites for hydroxylation is 3. The minimum Gasteiger partial charge on any atom is -0.507 e. The lowest BCUT2D eigenvalue weighted by Crippen LogP contribution is -2.29. The number of benzene rings is 2. The fourth-order valence-electron chi connectivity index (χ4n) is 3.42. The second-order valence-electron chi connectivity index (χ2n) is 7.22. The molecule has 4 rings (SSSR count). The average molecular weight is 439 g/mol. The third kappa shape index (κ3) is 3.42. The number of nitrogens with zero attached hydrogens (tertiary/aromatic N) is 2. The number of hydrogen-bond acceptors (Lipinski definition) is 5. The van der Waals surface area contributed by atoms with Crippen molar-refractivity contribution in [2.75, 3.05) is 4.90 Å². The molecule has 1 N–H and O–H groups in total. The monoisotopic (exact) mass is 438 g/mol. The number of amides is 1. The highest BCUT2D eigenvalue weighted by atomic mass is 35.5. The van der Waals surface area contributed by atoms with Crippen molar-refractivity contribution < 1.29 is 14.7 Å². The summed E-state index contributed by atoms with van der Waals surface area (Å²) in [5.74, 6) is -1.67. The van der Waals surface area contributed by atoms with Crippen molar-refractivity contribution in [3.05, 3.63) is 86.4 Å². The highest BCUT2D eigenvalue weighted by Gasteiger charge is 2.48. The summed E-state index contributed by atoms with van der Waals surface area (Å²) < 4.78 is 0. The molecular weight excluding hydrogens is 420 g/mol. The average Bonchev–Trinajstić information content (AvgIpc) is 3.18. The number of thiazole rings is 1. The maximum absolute atomic E-state index is 13.1. The molecule has 1 amide bonds. The predicted octanol–water partition coefficient (Wildman–Crippen LogP) is 5.35. The molecule has 0 aliphatic carbocycles. The van der Waals surface area contributed by atoms with Crippen molar-refractivity contribution in [2.24, 2.45) is 0 Å². The van der Waals surface area contributed by atoms with Gasteiger partial charge in [0.15, 0.2) is 5.13 Å². The molecule has 2 heterocycles. The number of hydrogen-bond donors (Lipinski definition) is 1. The maximum atomic E-state index is 13.1. The van der Waals surface area contributed by atoms with Crippen LogP contribution >= 0.6 is 22.9 Å². The van der Waals surface area contributed by atoms with Crippen LogP contribution in [0.2, 0.25) is 5.02 Å². The molecule has 1 fully saturated rings. The molecule has 0 saturated carbocycles. The van der Waals surface area contributed by atoms with E-state index in [1.54, 1.807) is 24.3 Å². The van der Waals surface area contributed by atoms with Crippen LogP contribution in [-0.2, 0) is 9.59 Å². The summed E-state index contributed by atoms with van der Waals surface area (Å²) in [5, 5.41) is 12.0. The minimum absolute atomic E-state index is 0.0386. The molecule has 152 valence electrons. The lowest BCUT2D eigenvalue weighted by Gasteiger charge is -2.23. The van der Waals surface area contributed by atoms with E-state index in [9.17, 15) is 14.7 Å². The Hall–Kier alpha value is -2.96. The first kappa shape index (κ1) is 20.3. The molecule has 0 unspecified atom stereocenters. The van der Waals surface area contributed by atoms with Crippen LogP contribution in [0.5, 0.6) is 0 Å². The molecule has 30 heavy (non-hydrogen) atoms. The van der Waals surface area contributed by atoms with Crippen LogP contribution in [0.1, 0.15) is 33.3 Å². The summed E-state index contributed by atoms with van der Waals surface area (Å²) in [6.45, 7) is 5.74. The zero-order chi connectivity index (χ0) is 21.6. The summed E-state index contributed by atoms with van der Waals surface area (Å²) in [7, 11) is 0. The van der Waals surface area contributed by atoms with Crippen LogP contribution in [0.25, 0.3) is 5.76 Å². The van der Waals surface area contributed by atoms with Gasteiger partial charge >= 0.3 is 5.91 Å².